The molecule has 6 rings (SSSR count). The van der Waals surface area contributed by atoms with E-state index in [-0.39, 0.29) is 115 Å². The van der Waals surface area contributed by atoms with Crippen LogP contribution in [0.3, 0.4) is 0 Å². The molecule has 0 aromatic heterocycles. The Morgan fingerprint density at radius 3 is 1.75 bits per heavy atom. The third kappa shape index (κ3) is 23.0. The van der Waals surface area contributed by atoms with Gasteiger partial charge in [0.25, 0.3) is 0 Å². The van der Waals surface area contributed by atoms with Gasteiger partial charge in [0.1, 0.15) is 48.3 Å². The maximum atomic E-state index is 14.8. The Morgan fingerprint density at radius 1 is 0.604 bits per heavy atom. The van der Waals surface area contributed by atoms with Gasteiger partial charge in [-0.2, -0.15) is 0 Å². The molecule has 9 atom stereocenters. The van der Waals surface area contributed by atoms with E-state index in [4.69, 9.17) is 28.7 Å². The number of carbonyl (C=O) groups excluding carboxylic acids is 10. The van der Waals surface area contributed by atoms with Crippen molar-refractivity contribution in [3.63, 3.8) is 0 Å². The quantitative estimate of drug-likeness (QED) is 0.0234. The summed E-state index contributed by atoms with van der Waals surface area (Å²) in [5.74, 6) is -8.58. The van der Waals surface area contributed by atoms with Crippen molar-refractivity contribution in [1.82, 2.24) is 52.3 Å². The Hall–Kier alpha value is -9.67. The van der Waals surface area contributed by atoms with Crippen LogP contribution in [0.2, 0.25) is 0 Å². The molecule has 492 valence electrons. The maximum Gasteiger partial charge on any atom is 0.326 e. The summed E-state index contributed by atoms with van der Waals surface area (Å²) >= 11 is 0. The van der Waals surface area contributed by atoms with Crippen LogP contribution >= 0.6 is 0 Å². The Bertz CT molecular complexity index is 3040. The molecule has 3 heterocycles. The van der Waals surface area contributed by atoms with Crippen LogP contribution in [-0.2, 0) is 72.0 Å². The van der Waals surface area contributed by atoms with Crippen molar-refractivity contribution in [3.05, 3.63) is 108 Å². The maximum absolute atomic E-state index is 14.8. The number of carbonyl (C=O) groups is 11. The summed E-state index contributed by atoms with van der Waals surface area (Å²) in [4.78, 5) is 165. The molecule has 3 aromatic rings. The first-order valence-electron chi connectivity index (χ1n) is 30.8. The summed E-state index contributed by atoms with van der Waals surface area (Å²) in [6, 6.07) is 14.9. The number of nitrogens with one attached hydrogen (secondary N) is 8. The van der Waals surface area contributed by atoms with E-state index in [1.165, 1.54) is 9.80 Å². The second-order valence-electron chi connectivity index (χ2n) is 22.8. The summed E-state index contributed by atoms with van der Waals surface area (Å²) < 4.78 is 0. The third-order valence-electron chi connectivity index (χ3n) is 15.9. The number of hydrogen-bond donors (Lipinski definition) is 14. The predicted molar refractivity (Wildman–Crippen MR) is 336 cm³/mol. The molecule has 19 N–H and O–H groups in total. The summed E-state index contributed by atoms with van der Waals surface area (Å²) in [7, 11) is 0. The number of rotatable bonds is 25. The Morgan fingerprint density at radius 2 is 1.15 bits per heavy atom. The predicted octanol–water partition coefficient (Wildman–Crippen LogP) is -2.68. The number of nitrogens with two attached hydrogens (primary N) is 5. The van der Waals surface area contributed by atoms with Crippen LogP contribution < -0.4 is 71.2 Å². The molecule has 3 saturated heterocycles. The third-order valence-corrected chi connectivity index (χ3v) is 15.9. The average Bonchev–Trinajstić information content (AvgIpc) is 1.83. The van der Waals surface area contributed by atoms with E-state index < -0.39 is 126 Å². The zero-order valence-electron chi connectivity index (χ0n) is 51.0. The monoisotopic (exact) mass is 1260 g/mol. The highest BCUT2D eigenvalue weighted by Crippen LogP contribution is 2.26. The molecule has 0 unspecified atom stereocenters. The zero-order chi connectivity index (χ0) is 65.8. The summed E-state index contributed by atoms with van der Waals surface area (Å²) in [6.07, 6.45) is 2.11. The van der Waals surface area contributed by atoms with Crippen molar-refractivity contribution in [1.29, 1.82) is 0 Å². The van der Waals surface area contributed by atoms with Crippen molar-refractivity contribution >= 4 is 77.0 Å². The van der Waals surface area contributed by atoms with Crippen molar-refractivity contribution in [3.8, 4) is 0 Å². The number of aliphatic imine (C=N–C) groups is 2. The normalized spacial score (nSPS) is 21.1. The Labute approximate surface area is 528 Å². The number of benzene rings is 3. The van der Waals surface area contributed by atoms with Gasteiger partial charge in [-0.05, 0) is 93.7 Å². The van der Waals surface area contributed by atoms with Gasteiger partial charge in [-0.1, -0.05) is 91.0 Å². The van der Waals surface area contributed by atoms with Crippen LogP contribution in [0.1, 0.15) is 100 Å². The number of carboxylic acids is 1. The van der Waals surface area contributed by atoms with E-state index >= 15 is 0 Å². The topological polar surface area (TPSA) is 466 Å². The van der Waals surface area contributed by atoms with Crippen LogP contribution in [0.25, 0.3) is 0 Å². The summed E-state index contributed by atoms with van der Waals surface area (Å²) in [5, 5.41) is 31.6. The number of hydrogen-bond acceptors (Lipinski definition) is 14. The lowest BCUT2D eigenvalue weighted by Crippen LogP contribution is -2.60. The lowest BCUT2D eigenvalue weighted by atomic mass is 10.0. The lowest BCUT2D eigenvalue weighted by molar-refractivity contribution is -0.147. The van der Waals surface area contributed by atoms with E-state index in [2.05, 4.69) is 52.5 Å². The standard InChI is InChI=1S/C62H87N17O12/c63-41(22-12-30-69-61(64)65)58(88)79-33-15-26-49(79)59(89)78-32-14-25-48(78)57(87)71-37-51(81)72-45(34-38-16-4-1-5-17-38)54(84)74-43-27-28-50(80)68-29-11-10-23-42(52(82)75-44(60(90)91)24-13-31-70-62(66)67)73-55(85)46(35-39-18-6-2-7-19-39)77-56(86)47(76-53(43)83)36-40-20-8-3-9-21-40/h1-9,16-21,41-49H,10-15,22-37,63H2,(H,68,80)(H,71,87)(H,72,81)(H,73,85)(H,74,84)(H,75,82)(H,76,83)(H,77,86)(H,90,91)(H4,64,65,69)(H4,66,67,70)/t41-,42-,43-,44-,45-,46-,47+,48-,49-/m0/s1. The van der Waals surface area contributed by atoms with Crippen LogP contribution in [0.5, 0.6) is 0 Å². The minimum Gasteiger partial charge on any atom is -0.480 e. The summed E-state index contributed by atoms with van der Waals surface area (Å²) in [6.45, 7) is 0.379. The Kier molecular flexibility index (Phi) is 27.9. The molecule has 29 heteroatoms. The van der Waals surface area contributed by atoms with Gasteiger partial charge in [0, 0.05) is 58.4 Å². The molecule has 0 radical (unpaired) electrons. The molecule has 3 aliphatic heterocycles. The first-order valence-corrected chi connectivity index (χ1v) is 30.8. The van der Waals surface area contributed by atoms with E-state index in [0.717, 1.165) is 0 Å². The lowest BCUT2D eigenvalue weighted by Gasteiger charge is -2.32. The van der Waals surface area contributed by atoms with E-state index in [1.54, 1.807) is 91.0 Å². The molecular weight excluding hydrogens is 1170 g/mol. The van der Waals surface area contributed by atoms with E-state index in [9.17, 15) is 57.8 Å². The van der Waals surface area contributed by atoms with Crippen LogP contribution in [0.4, 0.5) is 0 Å². The minimum atomic E-state index is -1.51. The molecule has 3 fully saturated rings. The first kappa shape index (κ1) is 70.4. The molecule has 29 nitrogen and oxygen atoms in total. The van der Waals surface area contributed by atoms with Crippen molar-refractivity contribution in [2.24, 2.45) is 38.7 Å². The molecule has 91 heavy (non-hydrogen) atoms. The fraction of sp³-hybridized carbons (Fsp3) is 0.500. The Balaban J connectivity index is 1.19. The van der Waals surface area contributed by atoms with Gasteiger partial charge >= 0.3 is 5.97 Å². The molecule has 3 aliphatic rings. The van der Waals surface area contributed by atoms with Crippen molar-refractivity contribution in [2.45, 2.75) is 157 Å². The second-order valence-corrected chi connectivity index (χ2v) is 22.8. The average molecular weight is 1260 g/mol. The van der Waals surface area contributed by atoms with E-state index in [0.29, 0.717) is 48.9 Å². The molecule has 0 bridgehead atoms. The molecule has 0 aliphatic carbocycles. The highest BCUT2D eigenvalue weighted by molar-refractivity contribution is 5.98. The van der Waals surface area contributed by atoms with Gasteiger partial charge < -0.3 is 86.1 Å². The van der Waals surface area contributed by atoms with Gasteiger partial charge in [0.15, 0.2) is 11.9 Å². The number of carboxylic acid groups (broad SMARTS) is 1. The van der Waals surface area contributed by atoms with Gasteiger partial charge in [-0.25, -0.2) is 4.79 Å². The van der Waals surface area contributed by atoms with Gasteiger partial charge in [0.05, 0.1) is 12.6 Å². The van der Waals surface area contributed by atoms with Gasteiger partial charge in [-0.15, -0.1) is 0 Å². The van der Waals surface area contributed by atoms with Crippen LogP contribution in [-0.4, -0.2) is 186 Å². The highest BCUT2D eigenvalue weighted by Gasteiger charge is 2.43. The van der Waals surface area contributed by atoms with Crippen molar-refractivity contribution in [2.75, 3.05) is 39.3 Å². The molecule has 0 spiro atoms. The smallest absolute Gasteiger partial charge is 0.326 e. The molecule has 3 aromatic carbocycles. The zero-order valence-corrected chi connectivity index (χ0v) is 51.0. The second kappa shape index (κ2) is 36.1. The molecule has 0 saturated carbocycles. The highest BCUT2D eigenvalue weighted by atomic mass is 16.4. The number of guanidine groups is 2. The number of aliphatic carboxylic acids is 1. The summed E-state index contributed by atoms with van der Waals surface area (Å²) in [5.41, 5.74) is 29.7. The molecule has 10 amide bonds. The first-order chi connectivity index (χ1) is 43.7. The van der Waals surface area contributed by atoms with Gasteiger partial charge in [-0.3, -0.25) is 57.9 Å². The molecular formula is C62H87N17O12. The largest absolute Gasteiger partial charge is 0.480 e. The van der Waals surface area contributed by atoms with Crippen molar-refractivity contribution < 1.29 is 57.8 Å². The number of likely N-dealkylation sites (tertiary alicyclic amines) is 2. The van der Waals surface area contributed by atoms with Crippen LogP contribution in [0, 0.1) is 0 Å². The minimum absolute atomic E-state index is 0.0142. The van der Waals surface area contributed by atoms with E-state index in [1.807, 2.05) is 0 Å². The fourth-order valence-electron chi connectivity index (χ4n) is 11.1. The number of amides is 10. The number of nitrogens with zero attached hydrogens (tertiary/aromatic N) is 4. The SMILES string of the molecule is NC(N)=NCCC[C@H](NC(=O)[C@@H]1CCCCNC(=O)CC[C@H](NC(=O)[C@H](Cc2ccccc2)NC(=O)CNC(=O)[C@@H]2CCCN2C(=O)[C@@H]2CCCN2C(=O)[C@@H](N)CCCN=C(N)N)C(=O)N[C@H](Cc2ccccc2)C(=O)N[C@@H](Cc2ccccc2)C(=O)N1)C(=O)O. The fourth-order valence-corrected chi connectivity index (χ4v) is 11.1. The van der Waals surface area contributed by atoms with Gasteiger partial charge in [0.2, 0.25) is 59.1 Å². The van der Waals surface area contributed by atoms with Crippen LogP contribution in [0.15, 0.2) is 101 Å².